The minimum absolute atomic E-state index is 0.0318. The molecule has 0 aliphatic heterocycles. The first-order chi connectivity index (χ1) is 15.8. The van der Waals surface area contributed by atoms with Gasteiger partial charge < -0.3 is 9.47 Å². The molecule has 1 rings (SSSR count). The number of carbonyl (C=O) groups is 1. The zero-order chi connectivity index (χ0) is 24.5. The second-order valence-corrected chi connectivity index (χ2v) is 9.76. The molecule has 0 heterocycles. The fraction of sp³-hybridized carbons (Fsp3) is 0.483. The molecule has 0 aromatic heterocycles. The van der Waals surface area contributed by atoms with E-state index in [1.54, 1.807) is 17.8 Å². The molecule has 1 aromatic carbocycles. The highest BCUT2D eigenvalue weighted by Crippen LogP contribution is 2.24. The Bertz CT molecular complexity index is 842. The summed E-state index contributed by atoms with van der Waals surface area (Å²) in [6, 6.07) is 7.55. The van der Waals surface area contributed by atoms with Crippen LogP contribution in [-0.4, -0.2) is 25.6 Å². The van der Waals surface area contributed by atoms with Gasteiger partial charge in [0.1, 0.15) is 0 Å². The minimum Gasteiger partial charge on any atom is -0.435 e. The minimum atomic E-state index is -0.348. The van der Waals surface area contributed by atoms with Crippen LogP contribution in [0.25, 0.3) is 0 Å². The van der Waals surface area contributed by atoms with Gasteiger partial charge in [-0.2, -0.15) is 0 Å². The van der Waals surface area contributed by atoms with Crippen LogP contribution in [0.1, 0.15) is 83.5 Å². The van der Waals surface area contributed by atoms with E-state index in [4.69, 9.17) is 9.47 Å². The third-order valence-electron chi connectivity index (χ3n) is 5.24. The first kappa shape index (κ1) is 29.0. The van der Waals surface area contributed by atoms with Gasteiger partial charge in [-0.3, -0.25) is 0 Å². The maximum Gasteiger partial charge on any atom is 0.341 e. The summed E-state index contributed by atoms with van der Waals surface area (Å²) in [5.74, 6) is 0.485. The van der Waals surface area contributed by atoms with Gasteiger partial charge >= 0.3 is 5.97 Å². The Morgan fingerprint density at radius 1 is 0.818 bits per heavy atom. The second-order valence-electron chi connectivity index (χ2n) is 8.69. The first-order valence-corrected chi connectivity index (χ1v) is 12.8. The van der Waals surface area contributed by atoms with Crippen molar-refractivity contribution in [2.45, 2.75) is 78.0 Å². The Kier molecular flexibility index (Phi) is 15.3. The lowest BCUT2D eigenvalue weighted by molar-refractivity contribution is -0.0128. The van der Waals surface area contributed by atoms with Crippen molar-refractivity contribution in [1.82, 2.24) is 0 Å². The third-order valence-corrected chi connectivity index (χ3v) is 6.24. The predicted octanol–water partition coefficient (Wildman–Crippen LogP) is 8.69. The summed E-state index contributed by atoms with van der Waals surface area (Å²) in [6.07, 6.45) is 16.0. The van der Waals surface area contributed by atoms with Crippen molar-refractivity contribution in [2.24, 2.45) is 0 Å². The van der Waals surface area contributed by atoms with Crippen LogP contribution in [0, 0.1) is 0 Å². The number of esters is 1. The maximum absolute atomic E-state index is 12.2. The first-order valence-electron chi connectivity index (χ1n) is 11.8. The average molecular weight is 471 g/mol. The molecule has 0 bridgehead atoms. The highest BCUT2D eigenvalue weighted by molar-refractivity contribution is 7.99. The zero-order valence-electron chi connectivity index (χ0n) is 21.4. The van der Waals surface area contributed by atoms with E-state index < -0.39 is 0 Å². The highest BCUT2D eigenvalue weighted by atomic mass is 32.2. The predicted molar refractivity (Wildman–Crippen MR) is 143 cm³/mol. The third kappa shape index (κ3) is 14.0. The van der Waals surface area contributed by atoms with Crippen LogP contribution in [0.15, 0.2) is 75.8 Å². The zero-order valence-corrected chi connectivity index (χ0v) is 22.2. The Morgan fingerprint density at radius 3 is 1.94 bits per heavy atom. The topological polar surface area (TPSA) is 35.5 Å². The highest BCUT2D eigenvalue weighted by Gasteiger charge is 2.12. The van der Waals surface area contributed by atoms with E-state index in [-0.39, 0.29) is 12.8 Å². The molecule has 0 aliphatic carbocycles. The van der Waals surface area contributed by atoms with Gasteiger partial charge in [-0.1, -0.05) is 58.7 Å². The lowest BCUT2D eigenvalue weighted by atomic mass is 10.0. The number of methoxy groups -OCH3 is 1. The van der Waals surface area contributed by atoms with Gasteiger partial charge in [0.2, 0.25) is 0 Å². The Hall–Kier alpha value is -2.04. The van der Waals surface area contributed by atoms with Crippen molar-refractivity contribution in [2.75, 3.05) is 19.7 Å². The van der Waals surface area contributed by atoms with Crippen molar-refractivity contribution in [3.05, 3.63) is 76.4 Å². The largest absolute Gasteiger partial charge is 0.435 e. The van der Waals surface area contributed by atoms with Crippen LogP contribution < -0.4 is 0 Å². The SMILES string of the molecule is COCOC(=O)c1ccccc1SC/C=C(\C)CC/C=C(\C)CC/C=C(\C)CCC=C(C)C. The molecule has 0 aliphatic rings. The summed E-state index contributed by atoms with van der Waals surface area (Å²) in [5.41, 5.74) is 6.32. The van der Waals surface area contributed by atoms with Gasteiger partial charge in [-0.15, -0.1) is 11.8 Å². The van der Waals surface area contributed by atoms with E-state index in [1.807, 2.05) is 18.2 Å². The van der Waals surface area contributed by atoms with E-state index >= 15 is 0 Å². The molecule has 0 saturated heterocycles. The second kappa shape index (κ2) is 17.4. The Labute approximate surface area is 206 Å². The average Bonchev–Trinajstić information content (AvgIpc) is 2.77. The molecule has 0 atom stereocenters. The normalized spacial score (nSPS) is 12.6. The molecule has 0 unspecified atom stereocenters. The van der Waals surface area contributed by atoms with Crippen LogP contribution in [0.2, 0.25) is 0 Å². The van der Waals surface area contributed by atoms with Gasteiger partial charge in [-0.25, -0.2) is 4.79 Å². The molecule has 3 nitrogen and oxygen atoms in total. The van der Waals surface area contributed by atoms with Gasteiger partial charge in [-0.05, 0) is 85.3 Å². The molecule has 0 radical (unpaired) electrons. The smallest absolute Gasteiger partial charge is 0.341 e. The molecule has 1 aromatic rings. The van der Waals surface area contributed by atoms with Crippen LogP contribution in [0.5, 0.6) is 0 Å². The standard InChI is InChI=1S/C29H42O3S/c1-23(2)12-9-13-24(3)14-10-15-25(4)16-11-17-26(5)20-21-33-28-19-8-7-18-27(28)29(30)32-22-31-6/h7-8,12,14,16,18-20H,9-11,13,15,17,21-22H2,1-6H3/b24-14+,25-16+,26-20+. The summed E-state index contributed by atoms with van der Waals surface area (Å²) in [6.45, 7) is 10.9. The van der Waals surface area contributed by atoms with Crippen molar-refractivity contribution in [3.8, 4) is 0 Å². The van der Waals surface area contributed by atoms with Crippen LogP contribution >= 0.6 is 11.8 Å². The van der Waals surface area contributed by atoms with Crippen molar-refractivity contribution in [3.63, 3.8) is 0 Å². The van der Waals surface area contributed by atoms with Crippen LogP contribution in [0.4, 0.5) is 0 Å². The summed E-state index contributed by atoms with van der Waals surface area (Å²) in [4.78, 5) is 13.1. The molecule has 4 heteroatoms. The summed E-state index contributed by atoms with van der Waals surface area (Å²) < 4.78 is 9.91. The van der Waals surface area contributed by atoms with Crippen LogP contribution in [0.3, 0.4) is 0 Å². The van der Waals surface area contributed by atoms with E-state index in [1.165, 1.54) is 29.4 Å². The fourth-order valence-corrected chi connectivity index (χ4v) is 4.24. The van der Waals surface area contributed by atoms with Crippen molar-refractivity contribution in [1.29, 1.82) is 0 Å². The number of thioether (sulfide) groups is 1. The number of hydrogen-bond donors (Lipinski definition) is 0. The lowest BCUT2D eigenvalue weighted by Gasteiger charge is -2.08. The molecule has 0 saturated carbocycles. The molecular weight excluding hydrogens is 428 g/mol. The maximum atomic E-state index is 12.2. The number of hydrogen-bond acceptors (Lipinski definition) is 4. The van der Waals surface area contributed by atoms with E-state index in [2.05, 4.69) is 58.9 Å². The van der Waals surface area contributed by atoms with E-state index in [0.717, 1.165) is 49.2 Å². The summed E-state index contributed by atoms with van der Waals surface area (Å²) >= 11 is 1.65. The van der Waals surface area contributed by atoms with Gasteiger partial charge in [0, 0.05) is 17.8 Å². The molecule has 0 fully saturated rings. The number of rotatable bonds is 15. The quantitative estimate of drug-likeness (QED) is 0.111. The fourth-order valence-electron chi connectivity index (χ4n) is 3.21. The molecule has 0 N–H and O–H groups in total. The molecule has 0 amide bonds. The number of allylic oxidation sites excluding steroid dienone is 7. The lowest BCUT2D eigenvalue weighted by Crippen LogP contribution is -2.08. The molecular formula is C29H42O3S. The molecule has 182 valence electrons. The summed E-state index contributed by atoms with van der Waals surface area (Å²) in [5, 5.41) is 0. The number of carbonyl (C=O) groups excluding carboxylic acids is 1. The van der Waals surface area contributed by atoms with Gasteiger partial charge in [0.05, 0.1) is 5.56 Å². The van der Waals surface area contributed by atoms with Gasteiger partial charge in [0.15, 0.2) is 6.79 Å². The summed E-state index contributed by atoms with van der Waals surface area (Å²) in [7, 11) is 1.50. The number of benzene rings is 1. The van der Waals surface area contributed by atoms with Crippen LogP contribution in [-0.2, 0) is 9.47 Å². The van der Waals surface area contributed by atoms with Gasteiger partial charge in [0.25, 0.3) is 0 Å². The Balaban J connectivity index is 2.39. The van der Waals surface area contributed by atoms with E-state index in [0.29, 0.717) is 5.56 Å². The monoisotopic (exact) mass is 470 g/mol. The van der Waals surface area contributed by atoms with Crippen molar-refractivity contribution >= 4 is 17.7 Å². The van der Waals surface area contributed by atoms with E-state index in [9.17, 15) is 4.79 Å². The Morgan fingerprint density at radius 2 is 1.36 bits per heavy atom. The molecule has 33 heavy (non-hydrogen) atoms. The number of ether oxygens (including phenoxy) is 2. The van der Waals surface area contributed by atoms with Crippen molar-refractivity contribution < 1.29 is 14.3 Å². The molecule has 0 spiro atoms.